The zero-order valence-electron chi connectivity index (χ0n) is 13.9. The summed E-state index contributed by atoms with van der Waals surface area (Å²) in [6, 6.07) is 3.01. The number of hydrogen-bond donors (Lipinski definition) is 1. The summed E-state index contributed by atoms with van der Waals surface area (Å²) in [4.78, 5) is 46.7. The molecule has 1 saturated heterocycles. The zero-order valence-corrected chi connectivity index (χ0v) is 13.9. The van der Waals surface area contributed by atoms with Crippen LogP contribution in [0.15, 0.2) is 30.4 Å². The first-order chi connectivity index (χ1) is 12.8. The van der Waals surface area contributed by atoms with Crippen LogP contribution in [0.1, 0.15) is 12.8 Å². The van der Waals surface area contributed by atoms with Crippen LogP contribution < -0.4 is 10.4 Å². The Hall–Kier alpha value is -3.30. The molecule has 4 aliphatic rings. The van der Waals surface area contributed by atoms with Crippen molar-refractivity contribution in [1.29, 1.82) is 0 Å². The molecule has 2 bridgehead atoms. The molecule has 138 valence electrons. The number of nitrogens with zero attached hydrogens (tertiary/aromatic N) is 3. The number of nitro groups is 2. The number of carbonyl (C=O) groups excluding carboxylic acids is 2. The first-order valence-corrected chi connectivity index (χ1v) is 8.61. The highest BCUT2D eigenvalue weighted by Gasteiger charge is 2.71. The quantitative estimate of drug-likeness (QED) is 0.489. The van der Waals surface area contributed by atoms with E-state index in [2.05, 4.69) is 5.43 Å². The Morgan fingerprint density at radius 2 is 1.70 bits per heavy atom. The third kappa shape index (κ3) is 1.89. The van der Waals surface area contributed by atoms with Crippen molar-refractivity contribution >= 4 is 28.9 Å². The van der Waals surface area contributed by atoms with Gasteiger partial charge in [-0.2, -0.15) is 0 Å². The molecule has 1 aromatic rings. The summed E-state index contributed by atoms with van der Waals surface area (Å²) < 4.78 is 0. The lowest BCUT2D eigenvalue weighted by Gasteiger charge is -2.37. The van der Waals surface area contributed by atoms with Crippen molar-refractivity contribution in [3.8, 4) is 0 Å². The maximum Gasteiger partial charge on any atom is 0.301 e. The third-order valence-electron chi connectivity index (χ3n) is 6.48. The highest BCUT2D eigenvalue weighted by molar-refractivity contribution is 6.06. The van der Waals surface area contributed by atoms with Gasteiger partial charge in [0.05, 0.1) is 27.7 Å². The van der Waals surface area contributed by atoms with Gasteiger partial charge in [-0.3, -0.25) is 35.2 Å². The predicted octanol–water partition coefficient (Wildman–Crippen LogP) is 1.71. The van der Waals surface area contributed by atoms with Crippen molar-refractivity contribution in [3.63, 3.8) is 0 Å². The lowest BCUT2D eigenvalue weighted by atomic mass is 9.80. The largest absolute Gasteiger partial charge is 0.301 e. The Labute approximate surface area is 152 Å². The fourth-order valence-electron chi connectivity index (χ4n) is 5.22. The van der Waals surface area contributed by atoms with Crippen LogP contribution in [0.3, 0.4) is 0 Å². The molecule has 1 N–H and O–H groups in total. The van der Waals surface area contributed by atoms with Crippen molar-refractivity contribution in [2.24, 2.45) is 29.1 Å². The molecule has 2 amide bonds. The van der Waals surface area contributed by atoms with Gasteiger partial charge in [-0.1, -0.05) is 12.2 Å². The van der Waals surface area contributed by atoms with Crippen LogP contribution in [0.2, 0.25) is 0 Å². The van der Waals surface area contributed by atoms with Gasteiger partial charge in [0.2, 0.25) is 5.91 Å². The third-order valence-corrected chi connectivity index (χ3v) is 6.48. The number of allylic oxidation sites excluding steroid dienone is 2. The van der Waals surface area contributed by atoms with E-state index in [0.29, 0.717) is 0 Å². The smallest absolute Gasteiger partial charge is 0.273 e. The molecular weight excluding hydrogens is 356 g/mol. The van der Waals surface area contributed by atoms with Gasteiger partial charge in [0, 0.05) is 6.07 Å². The SMILES string of the molecule is O=C1NN(c2ccc([N+](=O)[O-])cc2[N+](=O)[O-])C(=O)[C@H]2[C@@H]1[C@H]1C=C[C@H]2C12CC2. The van der Waals surface area contributed by atoms with Gasteiger partial charge in [-0.15, -0.1) is 0 Å². The van der Waals surface area contributed by atoms with Gasteiger partial charge in [-0.25, -0.2) is 5.01 Å². The van der Waals surface area contributed by atoms with Crippen molar-refractivity contribution < 1.29 is 19.4 Å². The number of hydrogen-bond acceptors (Lipinski definition) is 6. The van der Waals surface area contributed by atoms with Crippen LogP contribution in [0.5, 0.6) is 0 Å². The summed E-state index contributed by atoms with van der Waals surface area (Å²) in [7, 11) is 0. The minimum atomic E-state index is -0.795. The second-order valence-corrected chi connectivity index (χ2v) is 7.56. The Morgan fingerprint density at radius 1 is 1.04 bits per heavy atom. The number of amides is 2. The van der Waals surface area contributed by atoms with Crippen LogP contribution in [0.25, 0.3) is 0 Å². The second kappa shape index (κ2) is 4.90. The molecule has 10 nitrogen and oxygen atoms in total. The fourth-order valence-corrected chi connectivity index (χ4v) is 5.22. The molecule has 27 heavy (non-hydrogen) atoms. The molecule has 2 saturated carbocycles. The number of benzene rings is 1. The lowest BCUT2D eigenvalue weighted by Crippen LogP contribution is -2.60. The number of fused-ring (bicyclic) bond motifs is 3. The van der Waals surface area contributed by atoms with E-state index >= 15 is 0 Å². The topological polar surface area (TPSA) is 136 Å². The van der Waals surface area contributed by atoms with Gasteiger partial charge < -0.3 is 0 Å². The van der Waals surface area contributed by atoms with Crippen LogP contribution in [-0.4, -0.2) is 21.7 Å². The number of carbonyl (C=O) groups is 2. The summed E-state index contributed by atoms with van der Waals surface area (Å²) >= 11 is 0. The molecule has 4 atom stereocenters. The summed E-state index contributed by atoms with van der Waals surface area (Å²) in [5.74, 6) is -1.75. The summed E-state index contributed by atoms with van der Waals surface area (Å²) in [6.07, 6.45) is 5.97. The minimum absolute atomic E-state index is 0.0141. The zero-order chi connectivity index (χ0) is 19.1. The average molecular weight is 370 g/mol. The van der Waals surface area contributed by atoms with E-state index in [9.17, 15) is 29.8 Å². The Morgan fingerprint density at radius 3 is 2.30 bits per heavy atom. The number of nitro benzene ring substituents is 2. The van der Waals surface area contributed by atoms with Crippen LogP contribution in [0, 0.1) is 49.3 Å². The minimum Gasteiger partial charge on any atom is -0.273 e. The van der Waals surface area contributed by atoms with E-state index in [-0.39, 0.29) is 28.8 Å². The number of rotatable bonds is 3. The van der Waals surface area contributed by atoms with Gasteiger partial charge in [0.25, 0.3) is 11.6 Å². The molecule has 1 aromatic carbocycles. The van der Waals surface area contributed by atoms with Crippen molar-refractivity contribution in [1.82, 2.24) is 5.43 Å². The normalized spacial score (nSPS) is 31.8. The number of non-ortho nitro benzene ring substituents is 1. The highest BCUT2D eigenvalue weighted by atomic mass is 16.6. The highest BCUT2D eigenvalue weighted by Crippen LogP contribution is 2.72. The molecular formula is C17H14N4O6. The number of hydrazine groups is 1. The second-order valence-electron chi connectivity index (χ2n) is 7.56. The monoisotopic (exact) mass is 370 g/mol. The summed E-state index contributed by atoms with van der Waals surface area (Å²) in [6.45, 7) is 0. The number of anilines is 1. The van der Waals surface area contributed by atoms with Gasteiger partial charge in [0.1, 0.15) is 5.69 Å². The van der Waals surface area contributed by atoms with Gasteiger partial charge in [0.15, 0.2) is 0 Å². The summed E-state index contributed by atoms with van der Waals surface area (Å²) in [5.41, 5.74) is 1.24. The van der Waals surface area contributed by atoms with Gasteiger partial charge >= 0.3 is 5.69 Å². The molecule has 0 aromatic heterocycles. The standard InChI is InChI=1S/C17H14N4O6/c22-15-13-9-2-3-10(17(9)5-6-17)14(13)16(23)19(18-15)11-4-1-8(20(24)25)7-12(11)21(26)27/h1-4,7,9-10,13-14H,5-6H2,(H,18,22)/t9-,10-,13+,14-/m1/s1. The fraction of sp³-hybridized carbons (Fsp3) is 0.412. The van der Waals surface area contributed by atoms with Crippen molar-refractivity contribution in [2.45, 2.75) is 12.8 Å². The lowest BCUT2D eigenvalue weighted by molar-refractivity contribution is -0.393. The molecule has 1 heterocycles. The molecule has 10 heteroatoms. The van der Waals surface area contributed by atoms with E-state index in [1.807, 2.05) is 12.2 Å². The Balaban J connectivity index is 1.57. The molecule has 5 rings (SSSR count). The van der Waals surface area contributed by atoms with Crippen molar-refractivity contribution in [3.05, 3.63) is 50.6 Å². The molecule has 0 radical (unpaired) electrons. The first-order valence-electron chi connectivity index (χ1n) is 8.61. The van der Waals surface area contributed by atoms with E-state index in [1.54, 1.807) is 0 Å². The molecule has 3 aliphatic carbocycles. The van der Waals surface area contributed by atoms with E-state index in [0.717, 1.165) is 36.0 Å². The molecule has 0 unspecified atom stereocenters. The first kappa shape index (κ1) is 15.9. The Kier molecular flexibility index (Phi) is 2.89. The molecule has 1 spiro atoms. The van der Waals surface area contributed by atoms with E-state index in [1.165, 1.54) is 0 Å². The van der Waals surface area contributed by atoms with E-state index in [4.69, 9.17) is 0 Å². The maximum absolute atomic E-state index is 13.2. The maximum atomic E-state index is 13.2. The number of nitrogens with one attached hydrogen (secondary N) is 1. The average Bonchev–Trinajstić information content (AvgIpc) is 3.30. The summed E-state index contributed by atoms with van der Waals surface area (Å²) in [5, 5.41) is 23.2. The molecule has 3 fully saturated rings. The molecule has 1 aliphatic heterocycles. The van der Waals surface area contributed by atoms with Gasteiger partial charge in [-0.05, 0) is 36.2 Å². The van der Waals surface area contributed by atoms with E-state index < -0.39 is 39.0 Å². The predicted molar refractivity (Wildman–Crippen MR) is 90.1 cm³/mol. The van der Waals surface area contributed by atoms with Crippen LogP contribution in [-0.2, 0) is 9.59 Å². The van der Waals surface area contributed by atoms with Crippen LogP contribution >= 0.6 is 0 Å². The van der Waals surface area contributed by atoms with Crippen LogP contribution in [0.4, 0.5) is 17.1 Å². The van der Waals surface area contributed by atoms with Crippen molar-refractivity contribution in [2.75, 3.05) is 5.01 Å². The Bertz CT molecular complexity index is 968.